The Morgan fingerprint density at radius 1 is 1.03 bits per heavy atom. The minimum atomic E-state index is 0.0476. The zero-order valence-electron chi connectivity index (χ0n) is 21.4. The maximum absolute atomic E-state index is 5.94. The Hall–Kier alpha value is -4.04. The second-order valence-corrected chi connectivity index (χ2v) is 9.49. The van der Waals surface area contributed by atoms with Gasteiger partial charge in [-0.05, 0) is 43.5 Å². The number of morpholine rings is 1. The summed E-state index contributed by atoms with van der Waals surface area (Å²) in [6, 6.07) is 16.9. The zero-order chi connectivity index (χ0) is 25.4. The van der Waals surface area contributed by atoms with Gasteiger partial charge >= 0.3 is 0 Å². The number of hydrogen-bond donors (Lipinski definition) is 0. The van der Waals surface area contributed by atoms with Crippen LogP contribution in [0.2, 0.25) is 0 Å². The third-order valence-corrected chi connectivity index (χ3v) is 6.93. The number of benzene rings is 2. The van der Waals surface area contributed by atoms with Crippen molar-refractivity contribution in [3.8, 4) is 22.5 Å². The Labute approximate surface area is 215 Å². The molecule has 1 aliphatic heterocycles. The van der Waals surface area contributed by atoms with Gasteiger partial charge in [0.1, 0.15) is 11.6 Å². The average Bonchev–Trinajstić information content (AvgIpc) is 3.54. The van der Waals surface area contributed by atoms with Gasteiger partial charge in [0.25, 0.3) is 0 Å². The number of hydrogen-bond acceptors (Lipinski definition) is 7. The van der Waals surface area contributed by atoms with Crippen molar-refractivity contribution in [2.24, 2.45) is 0 Å². The van der Waals surface area contributed by atoms with Crippen molar-refractivity contribution in [1.29, 1.82) is 0 Å². The van der Waals surface area contributed by atoms with Crippen LogP contribution in [0.15, 0.2) is 65.4 Å². The lowest BCUT2D eigenvalue weighted by Gasteiger charge is -2.37. The van der Waals surface area contributed by atoms with Crippen LogP contribution in [-0.2, 0) is 11.3 Å². The van der Waals surface area contributed by atoms with Crippen LogP contribution in [0, 0.1) is 13.8 Å². The summed E-state index contributed by atoms with van der Waals surface area (Å²) in [4.78, 5) is 12.5. The maximum Gasteiger partial charge on any atom is 0.165 e. The molecule has 0 amide bonds. The molecule has 0 aliphatic carbocycles. The molecule has 0 N–H and O–H groups in total. The van der Waals surface area contributed by atoms with Crippen LogP contribution in [-0.4, -0.2) is 44.7 Å². The Kier molecular flexibility index (Phi) is 6.18. The number of nitrogens with zero attached hydrogens (tertiary/aromatic N) is 6. The number of fused-ring (bicyclic) bond motifs is 1. The molecule has 8 heteroatoms. The van der Waals surface area contributed by atoms with Gasteiger partial charge in [-0.2, -0.15) is 5.10 Å². The molecule has 1 unspecified atom stereocenters. The van der Waals surface area contributed by atoms with Crippen LogP contribution in [0.3, 0.4) is 0 Å². The van der Waals surface area contributed by atoms with Gasteiger partial charge in [0.05, 0.1) is 42.2 Å². The second-order valence-electron chi connectivity index (χ2n) is 9.49. The lowest BCUT2D eigenvalue weighted by molar-refractivity contribution is 0.0939. The van der Waals surface area contributed by atoms with E-state index in [1.54, 1.807) is 0 Å². The summed E-state index contributed by atoms with van der Waals surface area (Å²) in [6.45, 7) is 8.89. The minimum absolute atomic E-state index is 0.0476. The molecule has 188 valence electrons. The van der Waals surface area contributed by atoms with E-state index in [1.165, 1.54) is 5.56 Å². The second kappa shape index (κ2) is 9.78. The van der Waals surface area contributed by atoms with Gasteiger partial charge in [0, 0.05) is 30.2 Å². The van der Waals surface area contributed by atoms with E-state index in [-0.39, 0.29) is 6.04 Å². The molecule has 3 aromatic heterocycles. The number of aryl methyl sites for hydroxylation is 3. The van der Waals surface area contributed by atoms with Crippen molar-refractivity contribution in [3.05, 3.63) is 77.9 Å². The molecule has 1 saturated heterocycles. The molecule has 1 fully saturated rings. The maximum atomic E-state index is 5.94. The standard InChI is InChI=1S/C29H30N6O2/c1-4-12-34-17-23(16-30-34)28-31-25-11-10-22(27-19(2)33-37-20(27)3)15-24(25)29(32-28)35-13-14-36-18-26(35)21-8-6-5-7-9-21/h5-11,15-17,26H,4,12-14,18H2,1-3H3. The van der Waals surface area contributed by atoms with Gasteiger partial charge in [-0.15, -0.1) is 0 Å². The van der Waals surface area contributed by atoms with E-state index in [0.29, 0.717) is 19.0 Å². The highest BCUT2D eigenvalue weighted by Crippen LogP contribution is 2.37. The first-order chi connectivity index (χ1) is 18.1. The highest BCUT2D eigenvalue weighted by Gasteiger charge is 2.28. The largest absolute Gasteiger partial charge is 0.377 e. The lowest BCUT2D eigenvalue weighted by Crippen LogP contribution is -2.40. The molecule has 0 radical (unpaired) electrons. The molecule has 4 heterocycles. The van der Waals surface area contributed by atoms with Gasteiger partial charge in [0.15, 0.2) is 5.82 Å². The highest BCUT2D eigenvalue weighted by molar-refractivity contribution is 5.95. The van der Waals surface area contributed by atoms with Crippen LogP contribution in [0.5, 0.6) is 0 Å². The van der Waals surface area contributed by atoms with E-state index in [1.807, 2.05) is 37.0 Å². The summed E-state index contributed by atoms with van der Waals surface area (Å²) in [5.74, 6) is 2.37. The predicted molar refractivity (Wildman–Crippen MR) is 143 cm³/mol. The SMILES string of the molecule is CCCn1cc(-c2nc(N3CCOCC3c3ccccc3)c3cc(-c4c(C)noc4C)ccc3n2)cn1. The van der Waals surface area contributed by atoms with E-state index in [0.717, 1.165) is 64.4 Å². The van der Waals surface area contributed by atoms with Crippen LogP contribution in [0.1, 0.15) is 36.4 Å². The molecule has 0 spiro atoms. The van der Waals surface area contributed by atoms with Crippen LogP contribution in [0.4, 0.5) is 5.82 Å². The Morgan fingerprint density at radius 2 is 1.89 bits per heavy atom. The highest BCUT2D eigenvalue weighted by atomic mass is 16.5. The van der Waals surface area contributed by atoms with Gasteiger partial charge in [-0.1, -0.05) is 48.5 Å². The smallest absolute Gasteiger partial charge is 0.165 e. The lowest BCUT2D eigenvalue weighted by atomic mass is 10.0. The van der Waals surface area contributed by atoms with Crippen molar-refractivity contribution >= 4 is 16.7 Å². The summed E-state index contributed by atoms with van der Waals surface area (Å²) >= 11 is 0. The fourth-order valence-electron chi connectivity index (χ4n) is 5.15. The number of ether oxygens (including phenoxy) is 1. The first kappa shape index (κ1) is 23.4. The molecule has 0 bridgehead atoms. The fourth-order valence-corrected chi connectivity index (χ4v) is 5.15. The summed E-state index contributed by atoms with van der Waals surface area (Å²) in [7, 11) is 0. The minimum Gasteiger partial charge on any atom is -0.377 e. The third kappa shape index (κ3) is 4.38. The number of rotatable bonds is 6. The van der Waals surface area contributed by atoms with Crippen LogP contribution >= 0.6 is 0 Å². The summed E-state index contributed by atoms with van der Waals surface area (Å²) < 4.78 is 13.4. The topological polar surface area (TPSA) is 82.1 Å². The molecule has 1 aliphatic rings. The summed E-state index contributed by atoms with van der Waals surface area (Å²) in [6.07, 6.45) is 4.90. The van der Waals surface area contributed by atoms with Crippen molar-refractivity contribution in [2.45, 2.75) is 39.8 Å². The van der Waals surface area contributed by atoms with Crippen molar-refractivity contribution in [3.63, 3.8) is 0 Å². The predicted octanol–water partition coefficient (Wildman–Crippen LogP) is 5.75. The van der Waals surface area contributed by atoms with E-state index in [4.69, 9.17) is 19.2 Å². The molecule has 6 rings (SSSR count). The third-order valence-electron chi connectivity index (χ3n) is 6.93. The normalized spacial score (nSPS) is 16.0. The Balaban J connectivity index is 1.54. The van der Waals surface area contributed by atoms with Crippen molar-refractivity contribution in [1.82, 2.24) is 24.9 Å². The Bertz CT molecular complexity index is 1520. The first-order valence-electron chi connectivity index (χ1n) is 12.8. The average molecular weight is 495 g/mol. The van der Waals surface area contributed by atoms with Crippen LogP contribution in [0.25, 0.3) is 33.4 Å². The molecule has 5 aromatic rings. The van der Waals surface area contributed by atoms with Crippen molar-refractivity contribution in [2.75, 3.05) is 24.7 Å². The van der Waals surface area contributed by atoms with Gasteiger partial charge in [0.2, 0.25) is 0 Å². The van der Waals surface area contributed by atoms with Gasteiger partial charge in [-0.25, -0.2) is 9.97 Å². The van der Waals surface area contributed by atoms with E-state index >= 15 is 0 Å². The van der Waals surface area contributed by atoms with E-state index in [2.05, 4.69) is 64.5 Å². The molecular formula is C29H30N6O2. The van der Waals surface area contributed by atoms with E-state index in [9.17, 15) is 0 Å². The van der Waals surface area contributed by atoms with Gasteiger partial charge in [-0.3, -0.25) is 4.68 Å². The number of aromatic nitrogens is 5. The molecular weight excluding hydrogens is 464 g/mol. The summed E-state index contributed by atoms with van der Waals surface area (Å²) in [5, 5.41) is 9.68. The van der Waals surface area contributed by atoms with Gasteiger partial charge < -0.3 is 14.2 Å². The zero-order valence-corrected chi connectivity index (χ0v) is 21.4. The fraction of sp³-hybridized carbons (Fsp3) is 0.310. The quantitative estimate of drug-likeness (QED) is 0.297. The number of anilines is 1. The molecule has 37 heavy (non-hydrogen) atoms. The van der Waals surface area contributed by atoms with E-state index < -0.39 is 0 Å². The monoisotopic (exact) mass is 494 g/mol. The van der Waals surface area contributed by atoms with Crippen molar-refractivity contribution < 1.29 is 9.26 Å². The first-order valence-corrected chi connectivity index (χ1v) is 12.8. The summed E-state index contributed by atoms with van der Waals surface area (Å²) in [5.41, 5.74) is 5.93. The molecule has 0 saturated carbocycles. The molecule has 2 aromatic carbocycles. The molecule has 1 atom stereocenters. The van der Waals surface area contributed by atoms with Crippen LogP contribution < -0.4 is 4.90 Å². The Morgan fingerprint density at radius 3 is 2.68 bits per heavy atom. The molecule has 8 nitrogen and oxygen atoms in total.